The molecule has 250 valence electrons. The zero-order valence-electron chi connectivity index (χ0n) is 25.9. The van der Waals surface area contributed by atoms with Gasteiger partial charge in [0, 0.05) is 29.6 Å². The standard InChI is InChI=1S/C31H42BN3O8S3/c1-44-46-30(21-41-24-8-5-7-23(17-24)31(38)35-14-12-33)40-16-15-39-20-29(37)34-13-6-11-32-28-18-26(27(19-36)43-28)42-22-45-25-9-3-2-4-10-25/h2-5,7-10,17,26-28,30,32,36H,12-16,18-22,33H2,1H3,(H,34,37)(H,35,38)/t26-,27?,28-,30?/m1/s1. The SMILES string of the molecule is CSSC(COc1cccc(C(=O)NCCN)c1)OCCOCC(=O)NCC#CB[C@H]1C[C@@H](OCSc2ccccc2)C(CO)O1. The number of carbonyl (C=O) groups excluding carboxylic acids is 2. The van der Waals surface area contributed by atoms with E-state index in [0.717, 1.165) is 4.90 Å². The fourth-order valence-electron chi connectivity index (χ4n) is 4.21. The van der Waals surface area contributed by atoms with E-state index in [2.05, 4.69) is 22.4 Å². The lowest BCUT2D eigenvalue weighted by atomic mass is 9.71. The third kappa shape index (κ3) is 15.0. The van der Waals surface area contributed by atoms with Crippen LogP contribution in [0.15, 0.2) is 59.5 Å². The van der Waals surface area contributed by atoms with E-state index in [1.54, 1.807) is 46.8 Å². The van der Waals surface area contributed by atoms with Crippen molar-refractivity contribution in [3.05, 3.63) is 60.2 Å². The largest absolute Gasteiger partial charge is 0.490 e. The number of ether oxygens (including phenoxy) is 5. The van der Waals surface area contributed by atoms with Crippen LogP contribution in [0.1, 0.15) is 16.8 Å². The first kappa shape index (κ1) is 38.1. The summed E-state index contributed by atoms with van der Waals surface area (Å²) in [7, 11) is 3.54. The van der Waals surface area contributed by atoms with Crippen molar-refractivity contribution in [2.75, 3.05) is 64.9 Å². The van der Waals surface area contributed by atoms with Gasteiger partial charge in [0.15, 0.2) is 0 Å². The summed E-state index contributed by atoms with van der Waals surface area (Å²) in [6.45, 7) is 1.54. The van der Waals surface area contributed by atoms with Gasteiger partial charge in [-0.15, -0.1) is 0 Å². The first-order valence-corrected chi connectivity index (χ1v) is 18.5. The summed E-state index contributed by atoms with van der Waals surface area (Å²) in [4.78, 5) is 25.4. The lowest BCUT2D eigenvalue weighted by molar-refractivity contribution is -0.126. The van der Waals surface area contributed by atoms with Crippen LogP contribution < -0.4 is 21.1 Å². The number of hydrogen-bond acceptors (Lipinski definition) is 12. The molecule has 1 fully saturated rings. The molecule has 3 rings (SSSR count). The topological polar surface area (TPSA) is 151 Å². The fourth-order valence-corrected chi connectivity index (χ4v) is 6.41. The van der Waals surface area contributed by atoms with E-state index in [1.807, 2.05) is 36.6 Å². The zero-order chi connectivity index (χ0) is 32.8. The highest BCUT2D eigenvalue weighted by Gasteiger charge is 2.35. The van der Waals surface area contributed by atoms with Gasteiger partial charge in [0.05, 0.1) is 38.4 Å². The molecule has 15 heteroatoms. The van der Waals surface area contributed by atoms with Crippen molar-refractivity contribution in [1.82, 2.24) is 10.6 Å². The summed E-state index contributed by atoms with van der Waals surface area (Å²) in [6.07, 6.45) is 2.04. The number of nitrogens with one attached hydrogen (secondary N) is 2. The second-order valence-corrected chi connectivity index (χ2v) is 13.5. The third-order valence-electron chi connectivity index (χ3n) is 6.42. The molecule has 0 saturated carbocycles. The summed E-state index contributed by atoms with van der Waals surface area (Å²) < 4.78 is 29.0. The number of hydrogen-bond donors (Lipinski definition) is 4. The monoisotopic (exact) mass is 691 g/mol. The summed E-state index contributed by atoms with van der Waals surface area (Å²) >= 11 is 1.60. The van der Waals surface area contributed by atoms with Gasteiger partial charge in [0.2, 0.25) is 13.2 Å². The summed E-state index contributed by atoms with van der Waals surface area (Å²) in [6, 6.07) is 16.8. The van der Waals surface area contributed by atoms with Crippen LogP contribution in [0.25, 0.3) is 0 Å². The molecule has 2 aromatic carbocycles. The second-order valence-electron chi connectivity index (χ2n) is 9.83. The average molecular weight is 692 g/mol. The Balaban J connectivity index is 1.25. The molecule has 0 bridgehead atoms. The van der Waals surface area contributed by atoms with Crippen molar-refractivity contribution >= 4 is 52.4 Å². The number of aliphatic hydroxyl groups is 1. The maximum absolute atomic E-state index is 12.2. The normalized spacial score (nSPS) is 17.8. The zero-order valence-corrected chi connectivity index (χ0v) is 28.3. The first-order valence-electron chi connectivity index (χ1n) is 14.9. The molecule has 5 N–H and O–H groups in total. The molecule has 1 saturated heterocycles. The van der Waals surface area contributed by atoms with Gasteiger partial charge in [-0.3, -0.25) is 9.59 Å². The number of rotatable bonds is 21. The van der Waals surface area contributed by atoms with Gasteiger partial charge in [0.1, 0.15) is 30.5 Å². The molecule has 0 radical (unpaired) electrons. The van der Waals surface area contributed by atoms with Gasteiger partial charge in [-0.25, -0.2) is 0 Å². The minimum atomic E-state index is -0.371. The number of thioether (sulfide) groups is 1. The van der Waals surface area contributed by atoms with E-state index in [-0.39, 0.29) is 75.0 Å². The molecule has 1 heterocycles. The van der Waals surface area contributed by atoms with E-state index in [1.165, 1.54) is 10.8 Å². The molecular formula is C31H42BN3O8S3. The van der Waals surface area contributed by atoms with Crippen LogP contribution in [0.3, 0.4) is 0 Å². The Labute approximate surface area is 283 Å². The van der Waals surface area contributed by atoms with Gasteiger partial charge >= 0.3 is 0 Å². The van der Waals surface area contributed by atoms with E-state index < -0.39 is 0 Å². The van der Waals surface area contributed by atoms with Gasteiger partial charge < -0.3 is 45.2 Å². The molecule has 0 spiro atoms. The Bertz CT molecular complexity index is 1240. The average Bonchev–Trinajstić information content (AvgIpc) is 3.48. The van der Waals surface area contributed by atoms with Crippen LogP contribution in [0, 0.1) is 11.7 Å². The first-order chi connectivity index (χ1) is 22.5. The van der Waals surface area contributed by atoms with Crippen LogP contribution in [-0.4, -0.2) is 113 Å². The van der Waals surface area contributed by atoms with E-state index >= 15 is 0 Å². The molecule has 0 aliphatic carbocycles. The summed E-state index contributed by atoms with van der Waals surface area (Å²) in [5.41, 5.74) is 5.66. The molecule has 1 aliphatic rings. The molecule has 4 atom stereocenters. The minimum absolute atomic E-state index is 0.106. The maximum atomic E-state index is 12.2. The van der Waals surface area contributed by atoms with Gasteiger partial charge in [-0.2, -0.15) is 5.82 Å². The second kappa shape index (κ2) is 23.0. The highest BCUT2D eigenvalue weighted by atomic mass is 33.1. The predicted octanol–water partition coefficient (Wildman–Crippen LogP) is 1.88. The van der Waals surface area contributed by atoms with Crippen molar-refractivity contribution < 1.29 is 38.4 Å². The Morgan fingerprint density at radius 3 is 2.80 bits per heavy atom. The fraction of sp³-hybridized carbons (Fsp3) is 0.484. The number of nitrogens with two attached hydrogens (primary N) is 1. The molecule has 2 aromatic rings. The number of aliphatic hydroxyl groups excluding tert-OH is 1. The third-order valence-corrected chi connectivity index (χ3v) is 9.18. The molecule has 0 aromatic heterocycles. The highest BCUT2D eigenvalue weighted by Crippen LogP contribution is 2.27. The Morgan fingerprint density at radius 2 is 2.02 bits per heavy atom. The highest BCUT2D eigenvalue weighted by molar-refractivity contribution is 8.76. The van der Waals surface area contributed by atoms with E-state index in [4.69, 9.17) is 29.4 Å². The summed E-state index contributed by atoms with van der Waals surface area (Å²) in [5, 5.41) is 15.1. The number of carbonyl (C=O) groups is 2. The molecular weight excluding hydrogens is 649 g/mol. The molecule has 1 aliphatic heterocycles. The van der Waals surface area contributed by atoms with Crippen LogP contribution in [-0.2, 0) is 23.7 Å². The van der Waals surface area contributed by atoms with Gasteiger partial charge in [-0.05, 0) is 43.0 Å². The van der Waals surface area contributed by atoms with Crippen LogP contribution in [0.4, 0.5) is 0 Å². The summed E-state index contributed by atoms with van der Waals surface area (Å²) in [5.74, 6) is 6.53. The number of amides is 2. The molecule has 2 unspecified atom stereocenters. The lowest BCUT2D eigenvalue weighted by Gasteiger charge is -2.17. The smallest absolute Gasteiger partial charge is 0.251 e. The van der Waals surface area contributed by atoms with Crippen LogP contribution in [0.5, 0.6) is 5.75 Å². The Hall–Kier alpha value is -2.39. The van der Waals surface area contributed by atoms with Crippen molar-refractivity contribution in [2.24, 2.45) is 5.73 Å². The van der Waals surface area contributed by atoms with Crippen molar-refractivity contribution in [1.29, 1.82) is 0 Å². The van der Waals surface area contributed by atoms with Gasteiger partial charge in [0.25, 0.3) is 5.91 Å². The van der Waals surface area contributed by atoms with Crippen LogP contribution in [0.2, 0.25) is 0 Å². The minimum Gasteiger partial charge on any atom is -0.490 e. The molecule has 11 nitrogen and oxygen atoms in total. The molecule has 2 amide bonds. The van der Waals surface area contributed by atoms with Gasteiger partial charge in [-0.1, -0.05) is 63.5 Å². The van der Waals surface area contributed by atoms with Crippen molar-refractivity contribution in [3.63, 3.8) is 0 Å². The lowest BCUT2D eigenvalue weighted by Crippen LogP contribution is -2.29. The van der Waals surface area contributed by atoms with Crippen molar-refractivity contribution in [2.45, 2.75) is 35.0 Å². The number of benzene rings is 2. The van der Waals surface area contributed by atoms with E-state index in [0.29, 0.717) is 44.0 Å². The predicted molar refractivity (Wildman–Crippen MR) is 185 cm³/mol. The molecule has 46 heavy (non-hydrogen) atoms. The Kier molecular flexibility index (Phi) is 19.1. The van der Waals surface area contributed by atoms with Crippen LogP contribution >= 0.6 is 33.3 Å². The quantitative estimate of drug-likeness (QED) is 0.0378. The van der Waals surface area contributed by atoms with Crippen molar-refractivity contribution in [3.8, 4) is 17.5 Å². The van der Waals surface area contributed by atoms with E-state index in [9.17, 15) is 14.7 Å². The maximum Gasteiger partial charge on any atom is 0.251 e. The Morgan fingerprint density at radius 1 is 1.17 bits per heavy atom.